The van der Waals surface area contributed by atoms with Crippen LogP contribution in [0.5, 0.6) is 5.75 Å². The summed E-state index contributed by atoms with van der Waals surface area (Å²) in [6.45, 7) is 14.6. The van der Waals surface area contributed by atoms with Crippen molar-refractivity contribution in [3.63, 3.8) is 0 Å². The van der Waals surface area contributed by atoms with Crippen LogP contribution in [0.2, 0.25) is 0 Å². The number of β-amino-alcohol motifs (C(OH)–C–C–N with tert-alkyl or cyclic N) is 1. The van der Waals surface area contributed by atoms with Gasteiger partial charge in [-0.1, -0.05) is 19.1 Å². The van der Waals surface area contributed by atoms with Gasteiger partial charge in [0, 0.05) is 45.8 Å². The fourth-order valence-corrected chi connectivity index (χ4v) is 5.28. The molecule has 1 aromatic carbocycles. The smallest absolute Gasteiger partial charge is 0.119 e. The van der Waals surface area contributed by atoms with Crippen LogP contribution in [-0.2, 0) is 11.3 Å². The van der Waals surface area contributed by atoms with Crippen LogP contribution in [0.4, 0.5) is 0 Å². The van der Waals surface area contributed by atoms with Gasteiger partial charge in [0.15, 0.2) is 0 Å². The summed E-state index contributed by atoms with van der Waals surface area (Å²) in [7, 11) is 0. The van der Waals surface area contributed by atoms with E-state index in [2.05, 4.69) is 39.1 Å². The van der Waals surface area contributed by atoms with E-state index in [9.17, 15) is 5.11 Å². The first-order valence-corrected chi connectivity index (χ1v) is 12.6. The molecular formula is C25H44Cl2N4O3. The number of benzene rings is 1. The second kappa shape index (κ2) is 14.8. The molecule has 3 saturated heterocycles. The molecule has 9 heteroatoms. The average Bonchev–Trinajstić information content (AvgIpc) is 3.12. The van der Waals surface area contributed by atoms with Gasteiger partial charge in [0.2, 0.25) is 0 Å². The second-order valence-electron chi connectivity index (χ2n) is 9.77. The zero-order chi connectivity index (χ0) is 22.2. The molecule has 0 amide bonds. The average molecular weight is 520 g/mol. The molecule has 3 aliphatic heterocycles. The second-order valence-corrected chi connectivity index (χ2v) is 9.77. The Bertz CT molecular complexity index is 691. The minimum absolute atomic E-state index is 0. The normalized spacial score (nSPS) is 25.4. The molecule has 7 nitrogen and oxygen atoms in total. The van der Waals surface area contributed by atoms with E-state index < -0.39 is 6.10 Å². The molecule has 3 aliphatic rings. The highest BCUT2D eigenvalue weighted by molar-refractivity contribution is 5.85. The third-order valence-electron chi connectivity index (χ3n) is 6.99. The maximum Gasteiger partial charge on any atom is 0.119 e. The van der Waals surface area contributed by atoms with Gasteiger partial charge in [0.25, 0.3) is 0 Å². The fraction of sp³-hybridized carbons (Fsp3) is 0.760. The zero-order valence-corrected chi connectivity index (χ0v) is 22.3. The van der Waals surface area contributed by atoms with Gasteiger partial charge >= 0.3 is 0 Å². The standard InChI is InChI=1S/C25H42N4O3.2ClH/c1-2-10-27-11-3-12-28(14-13-27)18-23(30)19-31-24-6-4-22(5-7-24)17-29-15-16-32-25(21-29)8-9-26-20-25;;/h4-7,23,26,30H,2-3,8-21H2,1H3;2*1H. The lowest BCUT2D eigenvalue weighted by molar-refractivity contribution is -0.0984. The number of aliphatic hydroxyl groups excluding tert-OH is 1. The van der Waals surface area contributed by atoms with Crippen molar-refractivity contribution in [2.75, 3.05) is 78.7 Å². The lowest BCUT2D eigenvalue weighted by Crippen LogP contribution is -2.52. The predicted molar refractivity (Wildman–Crippen MR) is 142 cm³/mol. The van der Waals surface area contributed by atoms with Crippen molar-refractivity contribution < 1.29 is 14.6 Å². The van der Waals surface area contributed by atoms with E-state index in [4.69, 9.17) is 9.47 Å². The Labute approximate surface area is 218 Å². The van der Waals surface area contributed by atoms with Crippen LogP contribution in [0.3, 0.4) is 0 Å². The monoisotopic (exact) mass is 518 g/mol. The Kier molecular flexibility index (Phi) is 12.9. The van der Waals surface area contributed by atoms with Crippen LogP contribution >= 0.6 is 24.8 Å². The highest BCUT2D eigenvalue weighted by Gasteiger charge is 2.39. The maximum absolute atomic E-state index is 10.5. The van der Waals surface area contributed by atoms with E-state index in [1.807, 2.05) is 12.1 Å². The molecule has 196 valence electrons. The number of ether oxygens (including phenoxy) is 2. The van der Waals surface area contributed by atoms with E-state index in [1.165, 1.54) is 31.5 Å². The topological polar surface area (TPSA) is 60.4 Å². The van der Waals surface area contributed by atoms with Crippen molar-refractivity contribution in [2.24, 2.45) is 0 Å². The summed E-state index contributed by atoms with van der Waals surface area (Å²) in [6.07, 6.45) is 3.03. The van der Waals surface area contributed by atoms with Gasteiger partial charge in [0.1, 0.15) is 18.5 Å². The molecule has 3 fully saturated rings. The molecule has 1 aromatic rings. The first-order chi connectivity index (χ1) is 15.6. The number of hydrogen-bond donors (Lipinski definition) is 2. The Morgan fingerprint density at radius 2 is 1.82 bits per heavy atom. The third-order valence-corrected chi connectivity index (χ3v) is 6.99. The van der Waals surface area contributed by atoms with E-state index in [0.29, 0.717) is 13.2 Å². The maximum atomic E-state index is 10.5. The molecule has 4 rings (SSSR count). The Hall–Kier alpha value is -0.640. The van der Waals surface area contributed by atoms with E-state index in [-0.39, 0.29) is 30.4 Å². The van der Waals surface area contributed by atoms with Gasteiger partial charge in [-0.3, -0.25) is 9.80 Å². The van der Waals surface area contributed by atoms with E-state index in [0.717, 1.165) is 71.1 Å². The molecule has 2 atom stereocenters. The van der Waals surface area contributed by atoms with Gasteiger partial charge < -0.3 is 24.8 Å². The van der Waals surface area contributed by atoms with Crippen molar-refractivity contribution in [1.29, 1.82) is 0 Å². The minimum atomic E-state index is -0.461. The van der Waals surface area contributed by atoms with E-state index in [1.54, 1.807) is 0 Å². The van der Waals surface area contributed by atoms with Crippen LogP contribution in [0.25, 0.3) is 0 Å². The van der Waals surface area contributed by atoms with Crippen LogP contribution in [0, 0.1) is 0 Å². The highest BCUT2D eigenvalue weighted by atomic mass is 35.5. The number of morpholine rings is 1. The van der Waals surface area contributed by atoms with E-state index >= 15 is 0 Å². The summed E-state index contributed by atoms with van der Waals surface area (Å²) < 4.78 is 12.0. The SMILES string of the molecule is CCCN1CCCN(CC(O)COc2ccc(CN3CCOC4(CCNC4)C3)cc2)CC1.Cl.Cl. The number of rotatable bonds is 9. The third kappa shape index (κ3) is 8.79. The van der Waals surface area contributed by atoms with Gasteiger partial charge in [-0.05, 0) is 63.1 Å². The lowest BCUT2D eigenvalue weighted by atomic mass is 10.0. The molecule has 0 saturated carbocycles. The number of nitrogens with zero attached hydrogens (tertiary/aromatic N) is 3. The lowest BCUT2D eigenvalue weighted by Gasteiger charge is -2.40. The molecule has 2 unspecified atom stereocenters. The Balaban J connectivity index is 0.00000204. The molecule has 0 bridgehead atoms. The molecule has 3 heterocycles. The summed E-state index contributed by atoms with van der Waals surface area (Å²) >= 11 is 0. The Morgan fingerprint density at radius 1 is 1.06 bits per heavy atom. The summed E-state index contributed by atoms with van der Waals surface area (Å²) in [5.41, 5.74) is 1.31. The van der Waals surface area contributed by atoms with Gasteiger partial charge in [-0.25, -0.2) is 0 Å². The van der Waals surface area contributed by atoms with Crippen LogP contribution < -0.4 is 10.1 Å². The van der Waals surface area contributed by atoms with Crippen LogP contribution in [-0.4, -0.2) is 110 Å². The first kappa shape index (κ1) is 29.6. The van der Waals surface area contributed by atoms with Crippen LogP contribution in [0.1, 0.15) is 31.7 Å². The number of nitrogens with one attached hydrogen (secondary N) is 1. The molecule has 0 radical (unpaired) electrons. The van der Waals surface area contributed by atoms with Gasteiger partial charge in [0.05, 0.1) is 12.2 Å². The summed E-state index contributed by atoms with van der Waals surface area (Å²) in [5.74, 6) is 0.830. The molecule has 34 heavy (non-hydrogen) atoms. The van der Waals surface area contributed by atoms with Crippen molar-refractivity contribution in [3.8, 4) is 5.75 Å². The van der Waals surface area contributed by atoms with Crippen molar-refractivity contribution >= 4 is 24.8 Å². The first-order valence-electron chi connectivity index (χ1n) is 12.6. The minimum Gasteiger partial charge on any atom is -0.491 e. The molecular weight excluding hydrogens is 475 g/mol. The summed E-state index contributed by atoms with van der Waals surface area (Å²) in [4.78, 5) is 7.41. The van der Waals surface area contributed by atoms with Crippen molar-refractivity contribution in [1.82, 2.24) is 20.0 Å². The van der Waals surface area contributed by atoms with Gasteiger partial charge in [-0.15, -0.1) is 24.8 Å². The number of aliphatic hydroxyl groups is 1. The highest BCUT2D eigenvalue weighted by Crippen LogP contribution is 2.26. The number of hydrogen-bond acceptors (Lipinski definition) is 7. The Morgan fingerprint density at radius 3 is 2.56 bits per heavy atom. The predicted octanol–water partition coefficient (Wildman–Crippen LogP) is 2.25. The zero-order valence-electron chi connectivity index (χ0n) is 20.6. The number of halogens is 2. The van der Waals surface area contributed by atoms with Gasteiger partial charge in [-0.2, -0.15) is 0 Å². The van der Waals surface area contributed by atoms with Crippen molar-refractivity contribution in [3.05, 3.63) is 29.8 Å². The van der Waals surface area contributed by atoms with Crippen LogP contribution in [0.15, 0.2) is 24.3 Å². The van der Waals surface area contributed by atoms with Crippen molar-refractivity contribution in [2.45, 2.75) is 44.4 Å². The summed E-state index contributed by atoms with van der Waals surface area (Å²) in [5, 5.41) is 13.9. The molecule has 0 aromatic heterocycles. The quantitative estimate of drug-likeness (QED) is 0.519. The fourth-order valence-electron chi connectivity index (χ4n) is 5.28. The molecule has 0 aliphatic carbocycles. The molecule has 2 N–H and O–H groups in total. The molecule has 1 spiro atoms. The summed E-state index contributed by atoms with van der Waals surface area (Å²) in [6, 6.07) is 8.36. The largest absolute Gasteiger partial charge is 0.491 e.